The molecule has 0 radical (unpaired) electrons. The van der Waals surface area contributed by atoms with Crippen molar-refractivity contribution < 1.29 is 0 Å². The fourth-order valence-corrected chi connectivity index (χ4v) is 3.34. The van der Waals surface area contributed by atoms with E-state index in [1.807, 2.05) is 6.20 Å². The van der Waals surface area contributed by atoms with Crippen molar-refractivity contribution in [3.05, 3.63) is 16.4 Å². The van der Waals surface area contributed by atoms with Gasteiger partial charge in [-0.25, -0.2) is 0 Å². The van der Waals surface area contributed by atoms with E-state index in [0.717, 1.165) is 30.0 Å². The predicted octanol–water partition coefficient (Wildman–Crippen LogP) is 2.66. The summed E-state index contributed by atoms with van der Waals surface area (Å²) in [4.78, 5) is 2.20. The average molecular weight is 329 g/mol. The fourth-order valence-electron chi connectivity index (χ4n) is 2.77. The molecule has 5 heteroatoms. The molecule has 1 N–H and O–H groups in total. The minimum Gasteiger partial charge on any atom is -0.309 e. The lowest BCUT2D eigenvalue weighted by atomic mass is 9.89. The summed E-state index contributed by atoms with van der Waals surface area (Å²) in [5.74, 6) is 0.843. The van der Waals surface area contributed by atoms with Crippen LogP contribution in [0.4, 0.5) is 0 Å². The second-order valence-electron chi connectivity index (χ2n) is 5.71. The number of hydrogen-bond donors (Lipinski definition) is 1. The lowest BCUT2D eigenvalue weighted by Crippen LogP contribution is -2.34. The quantitative estimate of drug-likeness (QED) is 0.902. The Kier molecular flexibility index (Phi) is 5.42. The number of nitrogens with zero attached hydrogens (tertiary/aromatic N) is 3. The summed E-state index contributed by atoms with van der Waals surface area (Å²) in [6, 6.07) is 0.442. The van der Waals surface area contributed by atoms with Gasteiger partial charge in [0.2, 0.25) is 0 Å². The van der Waals surface area contributed by atoms with E-state index in [1.54, 1.807) is 0 Å². The molecule has 1 aromatic heterocycles. The third-order valence-corrected chi connectivity index (χ3v) is 4.62. The first-order valence-electron chi connectivity index (χ1n) is 7.21. The Morgan fingerprint density at radius 1 is 1.53 bits per heavy atom. The number of hydrogen-bond acceptors (Lipinski definition) is 3. The third kappa shape index (κ3) is 3.80. The maximum Gasteiger partial charge on any atom is 0.0696 e. The number of rotatable bonds is 5. The van der Waals surface area contributed by atoms with Gasteiger partial charge in [0.25, 0.3) is 0 Å². The number of piperidine rings is 1. The molecule has 19 heavy (non-hydrogen) atoms. The van der Waals surface area contributed by atoms with E-state index in [9.17, 15) is 0 Å². The lowest BCUT2D eigenvalue weighted by molar-refractivity contribution is 0.283. The highest BCUT2D eigenvalue weighted by molar-refractivity contribution is 9.10. The molecule has 0 aliphatic carbocycles. The van der Waals surface area contributed by atoms with E-state index < -0.39 is 0 Å². The zero-order valence-electron chi connectivity index (χ0n) is 12.2. The van der Waals surface area contributed by atoms with Crippen LogP contribution in [-0.4, -0.2) is 41.9 Å². The average Bonchev–Trinajstić information content (AvgIpc) is 2.77. The SMILES string of the molecule is CCC1CCNC(c2c(Br)cnn2CCN(C)C)C1. The molecule has 108 valence electrons. The van der Waals surface area contributed by atoms with Crippen molar-refractivity contribution in [1.82, 2.24) is 20.0 Å². The minimum atomic E-state index is 0.442. The molecule has 0 amide bonds. The molecule has 0 spiro atoms. The molecule has 1 aromatic rings. The Morgan fingerprint density at radius 3 is 3.00 bits per heavy atom. The Balaban J connectivity index is 2.11. The molecule has 1 saturated heterocycles. The standard InChI is InChI=1S/C14H25BrN4/c1-4-11-5-6-16-13(9-11)14-12(15)10-17-19(14)8-7-18(2)3/h10-11,13,16H,4-9H2,1-3H3. The molecule has 2 atom stereocenters. The summed E-state index contributed by atoms with van der Waals surface area (Å²) in [6.07, 6.45) is 5.74. The first kappa shape index (κ1) is 15.0. The second-order valence-corrected chi connectivity index (χ2v) is 6.56. The number of likely N-dealkylation sites (N-methyl/N-ethyl adjacent to an activating group) is 1. The van der Waals surface area contributed by atoms with Crippen LogP contribution in [0.2, 0.25) is 0 Å². The van der Waals surface area contributed by atoms with Gasteiger partial charge in [-0.1, -0.05) is 13.3 Å². The van der Waals surface area contributed by atoms with Gasteiger partial charge in [-0.15, -0.1) is 0 Å². The highest BCUT2D eigenvalue weighted by atomic mass is 79.9. The maximum absolute atomic E-state index is 4.52. The summed E-state index contributed by atoms with van der Waals surface area (Å²) >= 11 is 3.66. The first-order valence-corrected chi connectivity index (χ1v) is 8.00. The number of nitrogens with one attached hydrogen (secondary N) is 1. The molecule has 2 unspecified atom stereocenters. The fraction of sp³-hybridized carbons (Fsp3) is 0.786. The van der Waals surface area contributed by atoms with E-state index in [4.69, 9.17) is 0 Å². The van der Waals surface area contributed by atoms with E-state index in [2.05, 4.69) is 56.9 Å². The molecular formula is C14H25BrN4. The van der Waals surface area contributed by atoms with Crippen LogP contribution in [0, 0.1) is 5.92 Å². The monoisotopic (exact) mass is 328 g/mol. The zero-order chi connectivity index (χ0) is 13.8. The van der Waals surface area contributed by atoms with Gasteiger partial charge in [-0.3, -0.25) is 4.68 Å². The molecule has 2 rings (SSSR count). The van der Waals surface area contributed by atoms with Crippen molar-refractivity contribution in [1.29, 1.82) is 0 Å². The van der Waals surface area contributed by atoms with Gasteiger partial charge in [0.05, 0.1) is 29.0 Å². The Bertz CT molecular complexity index is 402. The predicted molar refractivity (Wildman–Crippen MR) is 82.2 cm³/mol. The summed E-state index contributed by atoms with van der Waals surface area (Å²) in [5, 5.41) is 8.17. The molecule has 2 heterocycles. The molecular weight excluding hydrogens is 304 g/mol. The minimum absolute atomic E-state index is 0.442. The summed E-state index contributed by atoms with van der Waals surface area (Å²) in [6.45, 7) is 5.38. The molecule has 1 aliphatic heterocycles. The van der Waals surface area contributed by atoms with Crippen molar-refractivity contribution in [2.75, 3.05) is 27.2 Å². The molecule has 0 bridgehead atoms. The maximum atomic E-state index is 4.52. The first-order chi connectivity index (χ1) is 9.11. The molecule has 1 fully saturated rings. The Hall–Kier alpha value is -0.390. The van der Waals surface area contributed by atoms with Crippen molar-refractivity contribution in [3.8, 4) is 0 Å². The van der Waals surface area contributed by atoms with Crippen LogP contribution in [0.3, 0.4) is 0 Å². The van der Waals surface area contributed by atoms with Gasteiger partial charge >= 0.3 is 0 Å². The van der Waals surface area contributed by atoms with E-state index in [-0.39, 0.29) is 0 Å². The van der Waals surface area contributed by atoms with Gasteiger partial charge in [-0.2, -0.15) is 5.10 Å². The van der Waals surface area contributed by atoms with Gasteiger partial charge in [0.15, 0.2) is 0 Å². The van der Waals surface area contributed by atoms with Crippen LogP contribution >= 0.6 is 15.9 Å². The summed E-state index contributed by atoms with van der Waals surface area (Å²) < 4.78 is 3.29. The zero-order valence-corrected chi connectivity index (χ0v) is 13.8. The van der Waals surface area contributed by atoms with Crippen molar-refractivity contribution in [2.45, 2.75) is 38.8 Å². The van der Waals surface area contributed by atoms with Gasteiger partial charge in [-0.05, 0) is 55.3 Å². The van der Waals surface area contributed by atoms with Crippen molar-refractivity contribution in [2.24, 2.45) is 5.92 Å². The largest absolute Gasteiger partial charge is 0.309 e. The van der Waals surface area contributed by atoms with Crippen LogP contribution in [-0.2, 0) is 6.54 Å². The number of aromatic nitrogens is 2. The van der Waals surface area contributed by atoms with Gasteiger partial charge in [0, 0.05) is 6.54 Å². The molecule has 1 aliphatic rings. The van der Waals surface area contributed by atoms with E-state index in [1.165, 1.54) is 25.0 Å². The highest BCUT2D eigenvalue weighted by Gasteiger charge is 2.26. The topological polar surface area (TPSA) is 33.1 Å². The smallest absolute Gasteiger partial charge is 0.0696 e. The van der Waals surface area contributed by atoms with Crippen molar-refractivity contribution in [3.63, 3.8) is 0 Å². The molecule has 0 saturated carbocycles. The summed E-state index contributed by atoms with van der Waals surface area (Å²) in [5.41, 5.74) is 1.32. The van der Waals surface area contributed by atoms with Crippen LogP contribution in [0.1, 0.15) is 37.9 Å². The molecule has 4 nitrogen and oxygen atoms in total. The van der Waals surface area contributed by atoms with Gasteiger partial charge in [0.1, 0.15) is 0 Å². The number of halogens is 1. The Morgan fingerprint density at radius 2 is 2.32 bits per heavy atom. The third-order valence-electron chi connectivity index (χ3n) is 4.01. The van der Waals surface area contributed by atoms with Crippen LogP contribution in [0.15, 0.2) is 10.7 Å². The molecule has 0 aromatic carbocycles. The lowest BCUT2D eigenvalue weighted by Gasteiger charge is -2.30. The van der Waals surface area contributed by atoms with Crippen molar-refractivity contribution >= 4 is 15.9 Å². The highest BCUT2D eigenvalue weighted by Crippen LogP contribution is 2.32. The van der Waals surface area contributed by atoms with Crippen LogP contribution in [0.5, 0.6) is 0 Å². The van der Waals surface area contributed by atoms with E-state index in [0.29, 0.717) is 6.04 Å². The summed E-state index contributed by atoms with van der Waals surface area (Å²) in [7, 11) is 4.20. The normalized spacial score (nSPS) is 24.1. The van der Waals surface area contributed by atoms with E-state index >= 15 is 0 Å². The van der Waals surface area contributed by atoms with Gasteiger partial charge < -0.3 is 10.2 Å². The van der Waals surface area contributed by atoms with Crippen LogP contribution < -0.4 is 5.32 Å². The Labute approximate surface area is 124 Å². The van der Waals surface area contributed by atoms with Crippen LogP contribution in [0.25, 0.3) is 0 Å². The second kappa shape index (κ2) is 6.86.